The number of nitrogens with one attached hydrogen (secondary N) is 1. The van der Waals surface area contributed by atoms with Crippen LogP contribution in [0.3, 0.4) is 0 Å². The highest BCUT2D eigenvalue weighted by atomic mass is 35.5. The van der Waals surface area contributed by atoms with Crippen molar-refractivity contribution >= 4 is 45.0 Å². The van der Waals surface area contributed by atoms with Crippen molar-refractivity contribution in [3.8, 4) is 0 Å². The second-order valence-electron chi connectivity index (χ2n) is 5.51. The molecule has 24 heavy (non-hydrogen) atoms. The standard InChI is InChI=1S/C16H12ClF2N3O2/c1-22(2)6-3-4-8-7(5-6)15(23)10-12(18)9(16(20)24)13(19)11(17)14(10)21-8/h3-5H,1-2H3,(H2,20,24)(H,21,23). The molecule has 0 aliphatic heterocycles. The van der Waals surface area contributed by atoms with Crippen molar-refractivity contribution in [1.82, 2.24) is 4.98 Å². The number of aromatic nitrogens is 1. The van der Waals surface area contributed by atoms with Crippen molar-refractivity contribution < 1.29 is 13.6 Å². The molecule has 124 valence electrons. The van der Waals surface area contributed by atoms with Gasteiger partial charge >= 0.3 is 0 Å². The Morgan fingerprint density at radius 1 is 1.25 bits per heavy atom. The van der Waals surface area contributed by atoms with Crippen LogP contribution in [-0.4, -0.2) is 25.0 Å². The predicted molar refractivity (Wildman–Crippen MR) is 89.8 cm³/mol. The Morgan fingerprint density at radius 2 is 1.92 bits per heavy atom. The minimum Gasteiger partial charge on any atom is -0.378 e. The van der Waals surface area contributed by atoms with E-state index in [-0.39, 0.29) is 10.9 Å². The number of hydrogen-bond acceptors (Lipinski definition) is 3. The van der Waals surface area contributed by atoms with Gasteiger partial charge in [0, 0.05) is 30.7 Å². The number of carbonyl (C=O) groups excluding carboxylic acids is 1. The van der Waals surface area contributed by atoms with Gasteiger partial charge in [-0.1, -0.05) is 11.6 Å². The van der Waals surface area contributed by atoms with Gasteiger partial charge in [-0.2, -0.15) is 0 Å². The zero-order valence-corrected chi connectivity index (χ0v) is 13.5. The van der Waals surface area contributed by atoms with Crippen LogP contribution in [0.5, 0.6) is 0 Å². The Balaban J connectivity index is 2.57. The number of nitrogens with zero attached hydrogens (tertiary/aromatic N) is 1. The van der Waals surface area contributed by atoms with Crippen molar-refractivity contribution in [3.63, 3.8) is 0 Å². The highest BCUT2D eigenvalue weighted by Gasteiger charge is 2.25. The molecule has 0 saturated carbocycles. The maximum absolute atomic E-state index is 14.6. The number of nitrogens with two attached hydrogens (primary N) is 1. The Morgan fingerprint density at radius 3 is 2.50 bits per heavy atom. The second-order valence-corrected chi connectivity index (χ2v) is 5.89. The van der Waals surface area contributed by atoms with E-state index in [1.165, 1.54) is 0 Å². The molecule has 0 atom stereocenters. The maximum Gasteiger partial charge on any atom is 0.254 e. The first kappa shape index (κ1) is 16.2. The van der Waals surface area contributed by atoms with Crippen LogP contribution in [0.15, 0.2) is 23.0 Å². The highest BCUT2D eigenvalue weighted by Crippen LogP contribution is 2.31. The lowest BCUT2D eigenvalue weighted by Gasteiger charge is -2.14. The van der Waals surface area contributed by atoms with E-state index in [1.807, 2.05) is 0 Å². The topological polar surface area (TPSA) is 79.2 Å². The molecule has 0 spiro atoms. The van der Waals surface area contributed by atoms with Crippen molar-refractivity contribution in [3.05, 3.63) is 50.6 Å². The Bertz CT molecular complexity index is 1080. The number of hydrogen-bond donors (Lipinski definition) is 2. The molecule has 1 aromatic heterocycles. The van der Waals surface area contributed by atoms with E-state index in [9.17, 15) is 18.4 Å². The smallest absolute Gasteiger partial charge is 0.254 e. The van der Waals surface area contributed by atoms with E-state index in [0.717, 1.165) is 5.69 Å². The number of primary amides is 1. The first-order chi connectivity index (χ1) is 11.2. The Labute approximate surface area is 139 Å². The number of carbonyl (C=O) groups is 1. The van der Waals surface area contributed by atoms with Gasteiger partial charge in [-0.15, -0.1) is 0 Å². The third-order valence-corrected chi connectivity index (χ3v) is 4.17. The molecule has 0 saturated heterocycles. The van der Waals surface area contributed by atoms with Crippen LogP contribution in [-0.2, 0) is 0 Å². The molecule has 2 aromatic carbocycles. The summed E-state index contributed by atoms with van der Waals surface area (Å²) in [5.74, 6) is -3.96. The van der Waals surface area contributed by atoms with Gasteiger partial charge in [0.05, 0.1) is 10.9 Å². The molecule has 1 amide bonds. The van der Waals surface area contributed by atoms with E-state index in [2.05, 4.69) is 4.98 Å². The fraction of sp³-hybridized carbons (Fsp3) is 0.125. The zero-order chi connectivity index (χ0) is 17.8. The number of aromatic amines is 1. The van der Waals surface area contributed by atoms with Gasteiger partial charge in [0.25, 0.3) is 5.91 Å². The van der Waals surface area contributed by atoms with Crippen molar-refractivity contribution in [2.24, 2.45) is 5.73 Å². The molecular formula is C16H12ClF2N3O2. The van der Waals surface area contributed by atoms with Crippen LogP contribution >= 0.6 is 11.6 Å². The number of rotatable bonds is 2. The summed E-state index contributed by atoms with van der Waals surface area (Å²) in [5, 5.41) is -0.875. The van der Waals surface area contributed by atoms with Gasteiger partial charge in [0.15, 0.2) is 17.1 Å². The minimum atomic E-state index is -1.34. The molecule has 0 radical (unpaired) electrons. The van der Waals surface area contributed by atoms with Gasteiger partial charge in [0.1, 0.15) is 10.6 Å². The number of amides is 1. The number of benzene rings is 2. The molecule has 0 fully saturated rings. The molecule has 0 bridgehead atoms. The third kappa shape index (κ3) is 2.20. The summed E-state index contributed by atoms with van der Waals surface area (Å²) in [7, 11) is 3.57. The summed E-state index contributed by atoms with van der Waals surface area (Å²) < 4.78 is 28.7. The SMILES string of the molecule is CN(C)c1ccc2[nH]c3c(Cl)c(F)c(C(N)=O)c(F)c3c(=O)c2c1. The summed E-state index contributed by atoms with van der Waals surface area (Å²) in [6.45, 7) is 0. The molecule has 8 heteroatoms. The van der Waals surface area contributed by atoms with Gasteiger partial charge < -0.3 is 15.6 Å². The van der Waals surface area contributed by atoms with E-state index in [1.54, 1.807) is 37.2 Å². The summed E-state index contributed by atoms with van der Waals surface area (Å²) in [6.07, 6.45) is 0. The third-order valence-electron chi connectivity index (χ3n) is 3.82. The second kappa shape index (κ2) is 5.45. The monoisotopic (exact) mass is 351 g/mol. The fourth-order valence-electron chi connectivity index (χ4n) is 2.58. The number of H-pyrrole nitrogens is 1. The normalized spacial score (nSPS) is 11.2. The first-order valence-corrected chi connectivity index (χ1v) is 7.25. The van der Waals surface area contributed by atoms with Gasteiger partial charge in [-0.3, -0.25) is 9.59 Å². The van der Waals surface area contributed by atoms with Crippen LogP contribution in [0.4, 0.5) is 14.5 Å². The molecule has 5 nitrogen and oxygen atoms in total. The van der Waals surface area contributed by atoms with Crippen LogP contribution in [0, 0.1) is 11.6 Å². The van der Waals surface area contributed by atoms with Crippen LogP contribution < -0.4 is 16.1 Å². The lowest BCUT2D eigenvalue weighted by molar-refractivity contribution is 0.0992. The van der Waals surface area contributed by atoms with Crippen molar-refractivity contribution in [2.75, 3.05) is 19.0 Å². The van der Waals surface area contributed by atoms with E-state index < -0.39 is 38.9 Å². The van der Waals surface area contributed by atoms with Crippen LogP contribution in [0.2, 0.25) is 5.02 Å². The number of halogens is 3. The molecule has 0 aliphatic carbocycles. The molecule has 3 rings (SSSR count). The van der Waals surface area contributed by atoms with Crippen molar-refractivity contribution in [2.45, 2.75) is 0 Å². The largest absolute Gasteiger partial charge is 0.378 e. The fourth-order valence-corrected chi connectivity index (χ4v) is 2.82. The quantitative estimate of drug-likeness (QED) is 0.550. The van der Waals surface area contributed by atoms with E-state index >= 15 is 0 Å². The molecular weight excluding hydrogens is 340 g/mol. The average molecular weight is 352 g/mol. The van der Waals surface area contributed by atoms with E-state index in [4.69, 9.17) is 17.3 Å². The summed E-state index contributed by atoms with van der Waals surface area (Å²) >= 11 is 5.87. The number of anilines is 1. The predicted octanol–water partition coefficient (Wildman–Crippen LogP) is 2.78. The molecule has 3 aromatic rings. The Kier molecular flexibility index (Phi) is 3.68. The van der Waals surface area contributed by atoms with Crippen LogP contribution in [0.25, 0.3) is 21.8 Å². The van der Waals surface area contributed by atoms with Gasteiger partial charge in [0.2, 0.25) is 0 Å². The molecule has 0 unspecified atom stereocenters. The molecule has 3 N–H and O–H groups in total. The summed E-state index contributed by atoms with van der Waals surface area (Å²) in [4.78, 5) is 28.6. The maximum atomic E-state index is 14.6. The highest BCUT2D eigenvalue weighted by molar-refractivity contribution is 6.36. The minimum absolute atomic E-state index is 0.186. The molecule has 1 heterocycles. The number of pyridine rings is 1. The Hall–Kier alpha value is -2.67. The summed E-state index contributed by atoms with van der Waals surface area (Å²) in [6, 6.07) is 4.91. The lowest BCUT2D eigenvalue weighted by Crippen LogP contribution is -2.19. The first-order valence-electron chi connectivity index (χ1n) is 6.87. The zero-order valence-electron chi connectivity index (χ0n) is 12.7. The molecule has 0 aliphatic rings. The summed E-state index contributed by atoms with van der Waals surface area (Å²) in [5.41, 5.74) is 4.14. The van der Waals surface area contributed by atoms with Gasteiger partial charge in [-0.25, -0.2) is 8.78 Å². The lowest BCUT2D eigenvalue weighted by atomic mass is 10.0. The number of fused-ring (bicyclic) bond motifs is 2. The van der Waals surface area contributed by atoms with Crippen LogP contribution in [0.1, 0.15) is 10.4 Å². The van der Waals surface area contributed by atoms with Gasteiger partial charge in [-0.05, 0) is 18.2 Å². The van der Waals surface area contributed by atoms with Crippen molar-refractivity contribution in [1.29, 1.82) is 0 Å². The van der Waals surface area contributed by atoms with E-state index in [0.29, 0.717) is 5.52 Å². The average Bonchev–Trinajstić information content (AvgIpc) is 2.51.